The Labute approximate surface area is 201 Å². The SMILES string of the molecule is CCOc1nc(N)nc2c1ncn2[C@@H]1O[C@@H]2CO[P@@](=O)(N[C@H](C)C(=O)OC(C)C)O[C@H]2[C@@]1(C)Cl. The van der Waals surface area contributed by atoms with Crippen LogP contribution in [0, 0.1) is 0 Å². The lowest BCUT2D eigenvalue weighted by Crippen LogP contribution is -2.47. The predicted octanol–water partition coefficient (Wildman–Crippen LogP) is 2.16. The van der Waals surface area contributed by atoms with Gasteiger partial charge in [0.15, 0.2) is 17.4 Å². The topological polar surface area (TPSA) is 162 Å². The van der Waals surface area contributed by atoms with Crippen LogP contribution in [0.4, 0.5) is 5.95 Å². The third-order valence-corrected chi connectivity index (χ3v) is 7.44. The van der Waals surface area contributed by atoms with Crippen LogP contribution in [0.3, 0.4) is 0 Å². The zero-order chi connectivity index (χ0) is 24.8. The first-order valence-corrected chi connectivity index (χ1v) is 12.8. The number of nitrogens with two attached hydrogens (primary N) is 1. The van der Waals surface area contributed by atoms with Crippen molar-refractivity contribution in [2.75, 3.05) is 18.9 Å². The van der Waals surface area contributed by atoms with Gasteiger partial charge in [0.05, 0.1) is 25.6 Å². The zero-order valence-electron chi connectivity index (χ0n) is 19.4. The van der Waals surface area contributed by atoms with Crippen LogP contribution in [-0.4, -0.2) is 67.9 Å². The van der Waals surface area contributed by atoms with Crippen LogP contribution in [0.1, 0.15) is 40.8 Å². The molecule has 15 heteroatoms. The molecule has 0 radical (unpaired) electrons. The van der Waals surface area contributed by atoms with Gasteiger partial charge in [-0.3, -0.25) is 18.4 Å². The summed E-state index contributed by atoms with van der Waals surface area (Å²) in [6.07, 6.45) is -1.14. The molecule has 2 fully saturated rings. The van der Waals surface area contributed by atoms with E-state index in [9.17, 15) is 9.36 Å². The van der Waals surface area contributed by atoms with Crippen molar-refractivity contribution in [1.82, 2.24) is 24.6 Å². The standard InChI is InChI=1S/C19H28ClN6O7P/c1-6-29-15-12-14(23-18(21)24-15)26(8-22-12)17-19(5,20)13-11(32-17)7-30-34(28,33-13)25-10(4)16(27)31-9(2)3/h8-11,13,17H,6-7H2,1-5H3,(H,25,28)(H2,21,23,24)/t10-,11-,13-,17-,19-,34+/m1/s1. The molecule has 188 valence electrons. The fourth-order valence-electron chi connectivity index (χ4n) is 3.87. The molecule has 0 unspecified atom stereocenters. The zero-order valence-corrected chi connectivity index (χ0v) is 21.1. The average Bonchev–Trinajstić information content (AvgIpc) is 3.25. The van der Waals surface area contributed by atoms with Crippen molar-refractivity contribution in [1.29, 1.82) is 0 Å². The largest absolute Gasteiger partial charge is 0.476 e. The van der Waals surface area contributed by atoms with Gasteiger partial charge in [0, 0.05) is 0 Å². The summed E-state index contributed by atoms with van der Waals surface area (Å²) < 4.78 is 42.9. The minimum Gasteiger partial charge on any atom is -0.476 e. The van der Waals surface area contributed by atoms with Gasteiger partial charge in [-0.05, 0) is 34.6 Å². The number of hydrogen-bond acceptors (Lipinski definition) is 11. The van der Waals surface area contributed by atoms with Gasteiger partial charge < -0.3 is 19.9 Å². The van der Waals surface area contributed by atoms with Gasteiger partial charge in [0.25, 0.3) is 0 Å². The van der Waals surface area contributed by atoms with Crippen molar-refractivity contribution in [2.45, 2.75) is 70.1 Å². The van der Waals surface area contributed by atoms with Gasteiger partial charge in [-0.1, -0.05) is 0 Å². The molecular weight excluding hydrogens is 491 g/mol. The van der Waals surface area contributed by atoms with Gasteiger partial charge in [-0.15, -0.1) is 11.6 Å². The molecule has 3 N–H and O–H groups in total. The number of anilines is 1. The Bertz CT molecular complexity index is 1130. The number of carbonyl (C=O) groups excluding carboxylic acids is 1. The normalized spacial score (nSPS) is 32.0. The number of aromatic nitrogens is 4. The van der Waals surface area contributed by atoms with E-state index in [2.05, 4.69) is 20.0 Å². The van der Waals surface area contributed by atoms with Crippen LogP contribution in [-0.2, 0) is 27.9 Å². The van der Waals surface area contributed by atoms with E-state index in [1.165, 1.54) is 13.3 Å². The minimum absolute atomic E-state index is 0.0000513. The fraction of sp³-hybridized carbons (Fsp3) is 0.684. The molecule has 0 aliphatic carbocycles. The number of nitrogen functional groups attached to an aromatic ring is 1. The van der Waals surface area contributed by atoms with Crippen molar-refractivity contribution in [3.05, 3.63) is 6.33 Å². The van der Waals surface area contributed by atoms with E-state index >= 15 is 0 Å². The molecule has 4 rings (SSSR count). The minimum atomic E-state index is -3.90. The van der Waals surface area contributed by atoms with Crippen molar-refractivity contribution in [3.63, 3.8) is 0 Å². The van der Waals surface area contributed by atoms with E-state index in [0.717, 1.165) is 0 Å². The maximum absolute atomic E-state index is 13.3. The molecule has 0 spiro atoms. The van der Waals surface area contributed by atoms with Crippen LogP contribution >= 0.6 is 19.3 Å². The van der Waals surface area contributed by atoms with Crippen molar-refractivity contribution >= 4 is 42.4 Å². The molecule has 2 aliphatic heterocycles. The third-order valence-electron chi connectivity index (χ3n) is 5.34. The molecule has 0 saturated carbocycles. The van der Waals surface area contributed by atoms with E-state index in [1.807, 2.05) is 6.92 Å². The number of esters is 1. The van der Waals surface area contributed by atoms with Crippen LogP contribution in [0.2, 0.25) is 0 Å². The van der Waals surface area contributed by atoms with E-state index in [0.29, 0.717) is 17.8 Å². The molecule has 6 atom stereocenters. The monoisotopic (exact) mass is 518 g/mol. The second-order valence-corrected chi connectivity index (χ2v) is 11.0. The van der Waals surface area contributed by atoms with E-state index in [4.69, 9.17) is 40.6 Å². The summed E-state index contributed by atoms with van der Waals surface area (Å²) in [4.78, 5) is 23.6. The number of fused-ring (bicyclic) bond motifs is 2. The van der Waals surface area contributed by atoms with Crippen molar-refractivity contribution in [2.24, 2.45) is 0 Å². The smallest absolute Gasteiger partial charge is 0.406 e. The number of hydrogen-bond donors (Lipinski definition) is 2. The Hall–Kier alpha value is -2.02. The first-order chi connectivity index (χ1) is 15.9. The highest BCUT2D eigenvalue weighted by Crippen LogP contribution is 2.57. The summed E-state index contributed by atoms with van der Waals surface area (Å²) in [6, 6.07) is -0.932. The van der Waals surface area contributed by atoms with Gasteiger partial charge in [-0.2, -0.15) is 9.97 Å². The van der Waals surface area contributed by atoms with Gasteiger partial charge in [0.2, 0.25) is 11.8 Å². The van der Waals surface area contributed by atoms with Gasteiger partial charge in [-0.25, -0.2) is 14.6 Å². The first-order valence-electron chi connectivity index (χ1n) is 10.8. The first kappa shape index (κ1) is 25.1. The molecule has 13 nitrogen and oxygen atoms in total. The Morgan fingerprint density at radius 2 is 2.18 bits per heavy atom. The maximum Gasteiger partial charge on any atom is 0.406 e. The summed E-state index contributed by atoms with van der Waals surface area (Å²) in [5, 5.41) is 2.61. The summed E-state index contributed by atoms with van der Waals surface area (Å²) in [6.45, 7) is 8.74. The Morgan fingerprint density at radius 1 is 1.44 bits per heavy atom. The molecule has 0 bridgehead atoms. The van der Waals surface area contributed by atoms with E-state index < -0.39 is 43.1 Å². The van der Waals surface area contributed by atoms with Gasteiger partial charge >= 0.3 is 13.7 Å². The number of ether oxygens (including phenoxy) is 3. The fourth-order valence-corrected chi connectivity index (χ4v) is 6.04. The number of carbonyl (C=O) groups is 1. The average molecular weight is 519 g/mol. The van der Waals surface area contributed by atoms with Crippen LogP contribution < -0.4 is 15.6 Å². The molecule has 34 heavy (non-hydrogen) atoms. The highest BCUT2D eigenvalue weighted by molar-refractivity contribution is 7.51. The Balaban J connectivity index is 1.58. The summed E-state index contributed by atoms with van der Waals surface area (Å²) in [5.74, 6) is -0.341. The maximum atomic E-state index is 13.3. The lowest BCUT2D eigenvalue weighted by Gasteiger charge is -2.36. The number of nitrogens with one attached hydrogen (secondary N) is 1. The van der Waals surface area contributed by atoms with Crippen LogP contribution in [0.25, 0.3) is 11.2 Å². The number of nitrogens with zero attached hydrogens (tertiary/aromatic N) is 4. The van der Waals surface area contributed by atoms with Gasteiger partial charge in [0.1, 0.15) is 23.1 Å². The molecule has 4 heterocycles. The Kier molecular flexibility index (Phi) is 6.80. The Morgan fingerprint density at radius 3 is 2.85 bits per heavy atom. The molecular formula is C19H28ClN6O7P. The molecule has 0 amide bonds. The number of imidazole rings is 1. The third kappa shape index (κ3) is 4.60. The lowest BCUT2D eigenvalue weighted by molar-refractivity contribution is -0.149. The number of alkyl halides is 1. The second-order valence-electron chi connectivity index (χ2n) is 8.48. The number of halogens is 1. The molecule has 2 aromatic heterocycles. The molecule has 2 aliphatic rings. The lowest BCUT2D eigenvalue weighted by atomic mass is 10.0. The summed E-state index contributed by atoms with van der Waals surface area (Å²) in [5.41, 5.74) is 6.61. The second kappa shape index (κ2) is 9.21. The summed E-state index contributed by atoms with van der Waals surface area (Å²) in [7, 11) is -3.90. The highest BCUT2D eigenvalue weighted by atomic mass is 35.5. The molecule has 2 saturated heterocycles. The van der Waals surface area contributed by atoms with Crippen LogP contribution in [0.5, 0.6) is 5.88 Å². The van der Waals surface area contributed by atoms with Crippen molar-refractivity contribution < 1.29 is 32.6 Å². The predicted molar refractivity (Wildman–Crippen MR) is 121 cm³/mol. The molecule has 0 aromatic carbocycles. The quantitative estimate of drug-likeness (QED) is 0.312. The highest BCUT2D eigenvalue weighted by Gasteiger charge is 2.60. The van der Waals surface area contributed by atoms with E-state index in [-0.39, 0.29) is 24.5 Å². The van der Waals surface area contributed by atoms with Crippen molar-refractivity contribution in [3.8, 4) is 5.88 Å². The van der Waals surface area contributed by atoms with Crippen LogP contribution in [0.15, 0.2) is 6.33 Å². The molecule has 2 aromatic rings. The number of rotatable bonds is 7. The summed E-state index contributed by atoms with van der Waals surface area (Å²) >= 11 is 6.93. The van der Waals surface area contributed by atoms with E-state index in [1.54, 1.807) is 25.3 Å².